The highest BCUT2D eigenvalue weighted by molar-refractivity contribution is 5.78. The molecular weight excluding hydrogens is 382 g/mol. The average Bonchev–Trinajstić information content (AvgIpc) is 3.13. The van der Waals surface area contributed by atoms with Gasteiger partial charge in [0.05, 0.1) is 25.0 Å². The van der Waals surface area contributed by atoms with Crippen molar-refractivity contribution in [1.82, 2.24) is 4.90 Å². The molecule has 0 radical (unpaired) electrons. The molecular formula is C24H29NO5. The van der Waals surface area contributed by atoms with E-state index in [1.54, 1.807) is 14.2 Å². The first-order valence-electron chi connectivity index (χ1n) is 11.0. The molecule has 0 amide bonds. The van der Waals surface area contributed by atoms with Crippen molar-refractivity contribution in [3.8, 4) is 11.5 Å². The van der Waals surface area contributed by atoms with Gasteiger partial charge < -0.3 is 23.8 Å². The molecule has 1 saturated heterocycles. The van der Waals surface area contributed by atoms with Crippen LogP contribution in [0.15, 0.2) is 24.3 Å². The number of nitrogens with zero attached hydrogens (tertiary/aromatic N) is 1. The van der Waals surface area contributed by atoms with E-state index in [1.165, 1.54) is 11.1 Å². The molecule has 2 fully saturated rings. The zero-order valence-corrected chi connectivity index (χ0v) is 18.1. The molecule has 160 valence electrons. The van der Waals surface area contributed by atoms with E-state index in [-0.39, 0.29) is 28.8 Å². The van der Waals surface area contributed by atoms with Crippen molar-refractivity contribution < 1.29 is 23.7 Å². The average molecular weight is 411 g/mol. The monoisotopic (exact) mass is 411 g/mol. The van der Waals surface area contributed by atoms with Gasteiger partial charge in [0.25, 0.3) is 0 Å². The minimum Gasteiger partial charge on any atom is -0.493 e. The van der Waals surface area contributed by atoms with Gasteiger partial charge in [-0.2, -0.15) is 0 Å². The topological polar surface area (TPSA) is 57.2 Å². The van der Waals surface area contributed by atoms with Gasteiger partial charge in [-0.25, -0.2) is 0 Å². The Bertz CT molecular complexity index is 975. The molecule has 2 spiro atoms. The van der Waals surface area contributed by atoms with Gasteiger partial charge in [0, 0.05) is 24.1 Å². The molecule has 6 nitrogen and oxygen atoms in total. The lowest BCUT2D eigenvalue weighted by Gasteiger charge is -2.70. The van der Waals surface area contributed by atoms with Crippen LogP contribution in [0.4, 0.5) is 0 Å². The zero-order valence-electron chi connectivity index (χ0n) is 18.1. The number of hydrogen-bond acceptors (Lipinski definition) is 6. The summed E-state index contributed by atoms with van der Waals surface area (Å²) >= 11 is 0. The van der Waals surface area contributed by atoms with Crippen molar-refractivity contribution >= 4 is 5.97 Å². The first kappa shape index (κ1) is 18.7. The zero-order chi connectivity index (χ0) is 20.9. The molecule has 1 aromatic carbocycles. The van der Waals surface area contributed by atoms with Crippen molar-refractivity contribution in [1.29, 1.82) is 0 Å². The van der Waals surface area contributed by atoms with Gasteiger partial charge in [0.2, 0.25) is 0 Å². The predicted octanol–water partition coefficient (Wildman–Crippen LogP) is 2.48. The fourth-order valence-electron chi connectivity index (χ4n) is 7.72. The van der Waals surface area contributed by atoms with Gasteiger partial charge >= 0.3 is 5.97 Å². The van der Waals surface area contributed by atoms with Crippen LogP contribution in [0.2, 0.25) is 0 Å². The Morgan fingerprint density at radius 2 is 2.13 bits per heavy atom. The summed E-state index contributed by atoms with van der Waals surface area (Å²) in [6, 6.07) is 4.54. The number of hydrogen-bond donors (Lipinski definition) is 0. The normalized spacial score (nSPS) is 41.9. The molecule has 0 unspecified atom stereocenters. The van der Waals surface area contributed by atoms with E-state index < -0.39 is 5.60 Å². The molecule has 1 saturated carbocycles. The van der Waals surface area contributed by atoms with Crippen molar-refractivity contribution in [3.05, 3.63) is 35.4 Å². The number of esters is 1. The van der Waals surface area contributed by atoms with Crippen LogP contribution in [-0.2, 0) is 26.1 Å². The van der Waals surface area contributed by atoms with Crippen molar-refractivity contribution in [2.45, 2.75) is 49.3 Å². The van der Waals surface area contributed by atoms with E-state index >= 15 is 0 Å². The third-order valence-electron chi connectivity index (χ3n) is 8.85. The van der Waals surface area contributed by atoms with Crippen LogP contribution in [0.5, 0.6) is 11.5 Å². The lowest BCUT2D eigenvalue weighted by Crippen LogP contribution is -2.79. The summed E-state index contributed by atoms with van der Waals surface area (Å²) in [4.78, 5) is 15.7. The first-order chi connectivity index (χ1) is 14.5. The quantitative estimate of drug-likeness (QED) is 0.561. The second-order valence-corrected chi connectivity index (χ2v) is 9.49. The van der Waals surface area contributed by atoms with E-state index in [1.807, 2.05) is 13.0 Å². The van der Waals surface area contributed by atoms with Crippen molar-refractivity contribution in [2.75, 3.05) is 34.4 Å². The summed E-state index contributed by atoms with van der Waals surface area (Å²) in [7, 11) is 5.61. The van der Waals surface area contributed by atoms with E-state index in [4.69, 9.17) is 18.9 Å². The number of benzene rings is 1. The fourth-order valence-corrected chi connectivity index (χ4v) is 7.72. The van der Waals surface area contributed by atoms with E-state index in [2.05, 4.69) is 30.2 Å². The summed E-state index contributed by atoms with van der Waals surface area (Å²) < 4.78 is 24.3. The van der Waals surface area contributed by atoms with Gasteiger partial charge in [-0.3, -0.25) is 4.79 Å². The van der Waals surface area contributed by atoms with Crippen LogP contribution in [0.25, 0.3) is 0 Å². The Balaban J connectivity index is 1.65. The van der Waals surface area contributed by atoms with Crippen LogP contribution in [-0.4, -0.2) is 63.0 Å². The van der Waals surface area contributed by atoms with E-state index in [0.717, 1.165) is 37.3 Å². The van der Waals surface area contributed by atoms with Crippen molar-refractivity contribution in [3.63, 3.8) is 0 Å². The van der Waals surface area contributed by atoms with Gasteiger partial charge in [-0.1, -0.05) is 18.2 Å². The molecule has 4 aliphatic carbocycles. The van der Waals surface area contributed by atoms with Crippen LogP contribution < -0.4 is 9.47 Å². The summed E-state index contributed by atoms with van der Waals surface area (Å²) in [5, 5.41) is 0. The number of carbonyl (C=O) groups excluding carboxylic acids is 1. The van der Waals surface area contributed by atoms with Crippen LogP contribution in [0.1, 0.15) is 30.9 Å². The highest BCUT2D eigenvalue weighted by atomic mass is 16.6. The number of ether oxygens (including phenoxy) is 4. The number of carbonyl (C=O) groups is 1. The van der Waals surface area contributed by atoms with Gasteiger partial charge in [-0.05, 0) is 51.4 Å². The lowest BCUT2D eigenvalue weighted by atomic mass is 9.37. The number of likely N-dealkylation sites (tertiary alicyclic amines) is 1. The molecule has 6 heteroatoms. The Morgan fingerprint density at radius 1 is 1.30 bits per heavy atom. The van der Waals surface area contributed by atoms with E-state index in [0.29, 0.717) is 12.6 Å². The Kier molecular flexibility index (Phi) is 3.61. The Labute approximate surface area is 177 Å². The maximum absolute atomic E-state index is 13.2. The van der Waals surface area contributed by atoms with Crippen LogP contribution >= 0.6 is 0 Å². The molecule has 2 aliphatic heterocycles. The van der Waals surface area contributed by atoms with Crippen LogP contribution in [0, 0.1) is 11.3 Å². The Hall–Kier alpha value is -2.05. The molecule has 30 heavy (non-hydrogen) atoms. The molecule has 6 atom stereocenters. The number of rotatable bonds is 4. The maximum atomic E-state index is 13.2. The number of piperidine rings is 1. The molecule has 1 aromatic rings. The number of methoxy groups -OCH3 is 2. The standard InChI is InChI=1S/C24H29NO5/c1-5-29-20(26)15-13-22-8-9-24(15,28-4)21-23(22)10-11-25(2)17(22)12-14-6-7-16(27-3)19(30-21)18(14)23/h6-9,15,17,21H,5,10-13H2,1-4H3/t15-,17-,21+,22+,23-,24-/m0/s1. The first-order valence-corrected chi connectivity index (χ1v) is 11.0. The second kappa shape index (κ2) is 5.80. The molecule has 4 bridgehead atoms. The summed E-state index contributed by atoms with van der Waals surface area (Å²) in [6.07, 6.45) is 6.86. The second-order valence-electron chi connectivity index (χ2n) is 9.49. The van der Waals surface area contributed by atoms with Gasteiger partial charge in [-0.15, -0.1) is 0 Å². The third kappa shape index (κ3) is 1.75. The highest BCUT2D eigenvalue weighted by Gasteiger charge is 2.80. The third-order valence-corrected chi connectivity index (χ3v) is 8.85. The van der Waals surface area contributed by atoms with Crippen LogP contribution in [0.3, 0.4) is 0 Å². The minimum atomic E-state index is -0.840. The summed E-state index contributed by atoms with van der Waals surface area (Å²) in [6.45, 7) is 3.22. The Morgan fingerprint density at radius 3 is 2.87 bits per heavy atom. The highest BCUT2D eigenvalue weighted by Crippen LogP contribution is 2.74. The predicted molar refractivity (Wildman–Crippen MR) is 110 cm³/mol. The van der Waals surface area contributed by atoms with Gasteiger partial charge in [0.15, 0.2) is 11.5 Å². The fraction of sp³-hybridized carbons (Fsp3) is 0.625. The minimum absolute atomic E-state index is 0.184. The molecule has 2 heterocycles. The largest absolute Gasteiger partial charge is 0.493 e. The summed E-state index contributed by atoms with van der Waals surface area (Å²) in [5.41, 5.74) is 1.40. The molecule has 7 rings (SSSR count). The molecule has 0 aromatic heterocycles. The summed E-state index contributed by atoms with van der Waals surface area (Å²) in [5.74, 6) is 1.04. The van der Waals surface area contributed by atoms with E-state index in [9.17, 15) is 4.79 Å². The number of fused-ring (bicyclic) bond motifs is 1. The maximum Gasteiger partial charge on any atom is 0.312 e. The van der Waals surface area contributed by atoms with Gasteiger partial charge in [0.1, 0.15) is 11.7 Å². The molecule has 0 N–H and O–H groups in total. The molecule has 6 aliphatic rings. The SMILES string of the molecule is CCOC(=O)[C@@H]1C[C@@]23C=C[C@@]1(OC)[C@@H]1Oc4c(OC)ccc5c4[C@@]12CCN(C)[C@H]3C5. The smallest absolute Gasteiger partial charge is 0.312 e. The number of likely N-dealkylation sites (N-methyl/N-ethyl adjacent to an activating group) is 1. The lowest BCUT2D eigenvalue weighted by molar-refractivity contribution is -0.221. The van der Waals surface area contributed by atoms with Crippen molar-refractivity contribution in [2.24, 2.45) is 11.3 Å².